The molecule has 2 rings (SSSR count). The van der Waals surface area contributed by atoms with Gasteiger partial charge in [-0.3, -0.25) is 0 Å². The summed E-state index contributed by atoms with van der Waals surface area (Å²) >= 11 is 0. The van der Waals surface area contributed by atoms with Gasteiger partial charge in [0.05, 0.1) is 11.7 Å². The van der Waals surface area contributed by atoms with Crippen LogP contribution in [0.2, 0.25) is 0 Å². The first-order chi connectivity index (χ1) is 5.88. The topological polar surface area (TPSA) is 30.2 Å². The summed E-state index contributed by atoms with van der Waals surface area (Å²) < 4.78 is 1.81. The van der Waals surface area contributed by atoms with E-state index in [0.29, 0.717) is 0 Å². The van der Waals surface area contributed by atoms with Gasteiger partial charge in [0.25, 0.3) is 0 Å². The second-order valence-electron chi connectivity index (χ2n) is 2.17. The minimum absolute atomic E-state index is 0.926. The molecule has 0 aromatic carbocycles. The SMILES string of the molecule is CC.Cc1ncc2cccnn12. The van der Waals surface area contributed by atoms with E-state index in [2.05, 4.69) is 10.1 Å². The smallest absolute Gasteiger partial charge is 0.127 e. The first kappa shape index (κ1) is 8.71. The molecule has 0 fully saturated rings. The van der Waals surface area contributed by atoms with Crippen LogP contribution >= 0.6 is 0 Å². The zero-order valence-electron chi connectivity index (χ0n) is 7.65. The fourth-order valence-corrected chi connectivity index (χ4v) is 0.966. The molecule has 0 saturated carbocycles. The van der Waals surface area contributed by atoms with E-state index >= 15 is 0 Å². The van der Waals surface area contributed by atoms with Crippen molar-refractivity contribution in [3.05, 3.63) is 30.4 Å². The Morgan fingerprint density at radius 1 is 1.33 bits per heavy atom. The van der Waals surface area contributed by atoms with Gasteiger partial charge in [0.2, 0.25) is 0 Å². The van der Waals surface area contributed by atoms with Crippen LogP contribution in [-0.2, 0) is 0 Å². The fourth-order valence-electron chi connectivity index (χ4n) is 0.966. The van der Waals surface area contributed by atoms with Gasteiger partial charge in [-0.15, -0.1) is 0 Å². The third-order valence-electron chi connectivity index (χ3n) is 1.47. The van der Waals surface area contributed by atoms with E-state index in [4.69, 9.17) is 0 Å². The van der Waals surface area contributed by atoms with Crippen LogP contribution in [0.3, 0.4) is 0 Å². The average Bonchev–Trinajstić information content (AvgIpc) is 2.53. The molecule has 2 aromatic heterocycles. The Morgan fingerprint density at radius 2 is 2.08 bits per heavy atom. The van der Waals surface area contributed by atoms with Crippen molar-refractivity contribution in [1.82, 2.24) is 14.6 Å². The van der Waals surface area contributed by atoms with Crippen LogP contribution in [0.1, 0.15) is 19.7 Å². The van der Waals surface area contributed by atoms with Crippen LogP contribution < -0.4 is 0 Å². The summed E-state index contributed by atoms with van der Waals surface area (Å²) in [6.07, 6.45) is 3.56. The van der Waals surface area contributed by atoms with Crippen LogP contribution in [0.15, 0.2) is 24.5 Å². The second-order valence-corrected chi connectivity index (χ2v) is 2.17. The number of fused-ring (bicyclic) bond motifs is 1. The van der Waals surface area contributed by atoms with Crippen molar-refractivity contribution >= 4 is 5.52 Å². The van der Waals surface area contributed by atoms with Crippen molar-refractivity contribution < 1.29 is 0 Å². The van der Waals surface area contributed by atoms with Crippen molar-refractivity contribution in [3.63, 3.8) is 0 Å². The Kier molecular flexibility index (Phi) is 2.80. The Balaban J connectivity index is 0.000000336. The number of rotatable bonds is 0. The van der Waals surface area contributed by atoms with Gasteiger partial charge in [-0.05, 0) is 19.1 Å². The van der Waals surface area contributed by atoms with Crippen molar-refractivity contribution in [2.24, 2.45) is 0 Å². The summed E-state index contributed by atoms with van der Waals surface area (Å²) in [4.78, 5) is 4.10. The molecule has 0 amide bonds. The number of hydrogen-bond acceptors (Lipinski definition) is 2. The van der Waals surface area contributed by atoms with Crippen LogP contribution in [0.25, 0.3) is 5.52 Å². The van der Waals surface area contributed by atoms with Gasteiger partial charge >= 0.3 is 0 Å². The van der Waals surface area contributed by atoms with Gasteiger partial charge in [0, 0.05) is 6.20 Å². The number of hydrogen-bond donors (Lipinski definition) is 0. The molecule has 0 aliphatic rings. The van der Waals surface area contributed by atoms with Gasteiger partial charge in [-0.1, -0.05) is 13.8 Å². The highest BCUT2D eigenvalue weighted by Gasteiger charge is 1.94. The third-order valence-corrected chi connectivity index (χ3v) is 1.47. The molecule has 0 bridgehead atoms. The maximum Gasteiger partial charge on any atom is 0.127 e. The Hall–Kier alpha value is -1.38. The van der Waals surface area contributed by atoms with Crippen molar-refractivity contribution in [2.45, 2.75) is 20.8 Å². The number of nitrogens with zero attached hydrogens (tertiary/aromatic N) is 3. The summed E-state index contributed by atoms with van der Waals surface area (Å²) in [6, 6.07) is 3.88. The molecule has 0 radical (unpaired) electrons. The fraction of sp³-hybridized carbons (Fsp3) is 0.333. The summed E-state index contributed by atoms with van der Waals surface area (Å²) in [5.74, 6) is 0.926. The number of imidazole rings is 1. The molecule has 2 aromatic rings. The second kappa shape index (κ2) is 3.85. The third kappa shape index (κ3) is 1.44. The first-order valence-corrected chi connectivity index (χ1v) is 4.13. The molecule has 0 unspecified atom stereocenters. The minimum Gasteiger partial charge on any atom is -0.239 e. The lowest BCUT2D eigenvalue weighted by atomic mass is 10.5. The first-order valence-electron chi connectivity index (χ1n) is 4.13. The average molecular weight is 163 g/mol. The Labute approximate surface area is 72.1 Å². The van der Waals surface area contributed by atoms with E-state index in [-0.39, 0.29) is 0 Å². The molecule has 0 aliphatic carbocycles. The molecular weight excluding hydrogens is 150 g/mol. The molecule has 2 heterocycles. The highest BCUT2D eigenvalue weighted by molar-refractivity contribution is 5.43. The molecular formula is C9H13N3. The number of aryl methyl sites for hydroxylation is 1. The van der Waals surface area contributed by atoms with Crippen molar-refractivity contribution in [3.8, 4) is 0 Å². The molecule has 0 spiro atoms. The van der Waals surface area contributed by atoms with Crippen LogP contribution in [0, 0.1) is 6.92 Å². The van der Waals surface area contributed by atoms with Crippen molar-refractivity contribution in [2.75, 3.05) is 0 Å². The quantitative estimate of drug-likeness (QED) is 0.595. The maximum absolute atomic E-state index is 4.10. The van der Waals surface area contributed by atoms with Crippen molar-refractivity contribution in [1.29, 1.82) is 0 Å². The van der Waals surface area contributed by atoms with Gasteiger partial charge in [0.15, 0.2) is 0 Å². The highest BCUT2D eigenvalue weighted by Crippen LogP contribution is 2.00. The molecule has 3 heteroatoms. The highest BCUT2D eigenvalue weighted by atomic mass is 15.2. The molecule has 3 nitrogen and oxygen atoms in total. The van der Waals surface area contributed by atoms with Gasteiger partial charge < -0.3 is 0 Å². The van der Waals surface area contributed by atoms with Crippen LogP contribution in [0.5, 0.6) is 0 Å². The molecule has 0 aliphatic heterocycles. The predicted octanol–water partition coefficient (Wildman–Crippen LogP) is 2.06. The standard InChI is InChI=1S/C7H7N3.C2H6/c1-6-8-5-7-3-2-4-9-10(6)7;1-2/h2-5H,1H3;1-2H3. The van der Waals surface area contributed by atoms with Gasteiger partial charge in [-0.2, -0.15) is 5.10 Å². The molecule has 0 N–H and O–H groups in total. The van der Waals surface area contributed by atoms with E-state index in [1.165, 1.54) is 0 Å². The normalized spacial score (nSPS) is 9.25. The zero-order chi connectivity index (χ0) is 8.97. The van der Waals surface area contributed by atoms with Crippen LogP contribution in [0.4, 0.5) is 0 Å². The molecule has 64 valence electrons. The lowest BCUT2D eigenvalue weighted by Gasteiger charge is -1.90. The minimum atomic E-state index is 0.926. The molecule has 0 atom stereocenters. The monoisotopic (exact) mass is 163 g/mol. The van der Waals surface area contributed by atoms with E-state index in [1.807, 2.05) is 39.1 Å². The summed E-state index contributed by atoms with van der Waals surface area (Å²) in [5.41, 5.74) is 1.04. The lowest BCUT2D eigenvalue weighted by molar-refractivity contribution is 0.877. The van der Waals surface area contributed by atoms with E-state index < -0.39 is 0 Å². The maximum atomic E-state index is 4.10. The van der Waals surface area contributed by atoms with Crippen LogP contribution in [-0.4, -0.2) is 14.6 Å². The lowest BCUT2D eigenvalue weighted by Crippen LogP contribution is -1.91. The summed E-state index contributed by atoms with van der Waals surface area (Å²) in [7, 11) is 0. The number of aromatic nitrogens is 3. The van der Waals surface area contributed by atoms with Gasteiger partial charge in [-0.25, -0.2) is 9.50 Å². The van der Waals surface area contributed by atoms with E-state index in [1.54, 1.807) is 10.7 Å². The Morgan fingerprint density at radius 3 is 2.75 bits per heavy atom. The Bertz CT molecular complexity index is 351. The van der Waals surface area contributed by atoms with Gasteiger partial charge in [0.1, 0.15) is 5.82 Å². The molecule has 0 saturated heterocycles. The molecule has 12 heavy (non-hydrogen) atoms. The largest absolute Gasteiger partial charge is 0.239 e. The zero-order valence-corrected chi connectivity index (χ0v) is 7.65. The summed E-state index contributed by atoms with van der Waals surface area (Å²) in [6.45, 7) is 5.93. The van der Waals surface area contributed by atoms with E-state index in [0.717, 1.165) is 11.3 Å². The summed E-state index contributed by atoms with van der Waals surface area (Å²) in [5, 5.41) is 4.09. The van der Waals surface area contributed by atoms with E-state index in [9.17, 15) is 0 Å². The predicted molar refractivity (Wildman–Crippen MR) is 49.1 cm³/mol.